The number of carbonyl (C=O) groups is 7. The third-order valence-corrected chi connectivity index (χ3v) is 9.22. The van der Waals surface area contributed by atoms with E-state index in [2.05, 4.69) is 65.3 Å². The first-order chi connectivity index (χ1) is 30.2. The number of aromatic nitrogens is 4. The summed E-state index contributed by atoms with van der Waals surface area (Å²) in [7, 11) is 0. The Bertz CT molecular complexity index is 2830. The van der Waals surface area contributed by atoms with Crippen molar-refractivity contribution in [1.29, 1.82) is 0 Å². The summed E-state index contributed by atoms with van der Waals surface area (Å²) >= 11 is 0. The summed E-state index contributed by atoms with van der Waals surface area (Å²) in [6, 6.07) is 12.2. The number of alkyl halides is 3. The van der Waals surface area contributed by atoms with Gasteiger partial charge in [-0.3, -0.25) is 43.8 Å². The zero-order valence-corrected chi connectivity index (χ0v) is 32.3. The number of piperidine rings is 1. The minimum absolute atomic E-state index is 0.00283. The Morgan fingerprint density at radius 1 is 0.937 bits per heavy atom. The van der Waals surface area contributed by atoms with Crippen LogP contribution in [0.15, 0.2) is 77.7 Å². The van der Waals surface area contributed by atoms with Crippen molar-refractivity contribution in [2.75, 3.05) is 35.6 Å². The van der Waals surface area contributed by atoms with Crippen molar-refractivity contribution in [3.63, 3.8) is 0 Å². The lowest BCUT2D eigenvalue weighted by Gasteiger charge is -2.27. The topological polar surface area (TPSA) is 266 Å². The fourth-order valence-electron chi connectivity index (χ4n) is 6.30. The number of nitrogens with two attached hydrogens (primary N) is 1. The van der Waals surface area contributed by atoms with E-state index in [-0.39, 0.29) is 77.0 Å². The molecule has 0 bridgehead atoms. The second-order valence-corrected chi connectivity index (χ2v) is 13.5. The highest BCUT2D eigenvalue weighted by Gasteiger charge is 2.45. The molecule has 2 aliphatic rings. The Hall–Kier alpha value is -8.79. The predicted molar refractivity (Wildman–Crippen MR) is 214 cm³/mol. The molecule has 2 aromatic carbocycles. The number of nitrogens with one attached hydrogen (secondary N) is 5. The van der Waals surface area contributed by atoms with Crippen molar-refractivity contribution >= 4 is 58.5 Å². The minimum atomic E-state index is -4.47. The number of halogens is 3. The van der Waals surface area contributed by atoms with Gasteiger partial charge in [-0.05, 0) is 66.8 Å². The maximum atomic E-state index is 13.2. The molecule has 1 saturated heterocycles. The van der Waals surface area contributed by atoms with Crippen molar-refractivity contribution < 1.29 is 51.2 Å². The van der Waals surface area contributed by atoms with E-state index in [0.29, 0.717) is 11.4 Å². The number of carbonyl (C=O) groups excluding carboxylic acids is 7. The molecule has 7 N–H and O–H groups in total. The van der Waals surface area contributed by atoms with Gasteiger partial charge in [0.1, 0.15) is 24.7 Å². The van der Waals surface area contributed by atoms with E-state index in [1.165, 1.54) is 59.5 Å². The first-order valence-corrected chi connectivity index (χ1v) is 18.5. The van der Waals surface area contributed by atoms with Gasteiger partial charge in [0.05, 0.1) is 41.8 Å². The number of hydrogen-bond acceptors (Lipinski definition) is 13. The molecule has 0 saturated carbocycles. The van der Waals surface area contributed by atoms with Crippen LogP contribution in [-0.2, 0) is 9.59 Å². The Morgan fingerprint density at radius 2 is 1.70 bits per heavy atom. The number of rotatable bonds is 12. The summed E-state index contributed by atoms with van der Waals surface area (Å²) in [6.45, 7) is -1.32. The summed E-state index contributed by atoms with van der Waals surface area (Å²) < 4.78 is 44.4. The van der Waals surface area contributed by atoms with Gasteiger partial charge < -0.3 is 31.4 Å². The third-order valence-electron chi connectivity index (χ3n) is 9.22. The average Bonchev–Trinajstić information content (AvgIpc) is 3.98. The quantitative estimate of drug-likeness (QED) is 0.0779. The molecule has 1 unspecified atom stereocenters. The molecule has 63 heavy (non-hydrogen) atoms. The first-order valence-electron chi connectivity index (χ1n) is 18.5. The summed E-state index contributed by atoms with van der Waals surface area (Å²) in [5.74, 6) is 5.80. The van der Waals surface area contributed by atoms with Gasteiger partial charge in [-0.15, -0.1) is 0 Å². The molecule has 1 atom stereocenters. The number of pyridine rings is 1. The van der Waals surface area contributed by atoms with Crippen LogP contribution in [0.5, 0.6) is 0 Å². The zero-order chi connectivity index (χ0) is 44.8. The van der Waals surface area contributed by atoms with Crippen molar-refractivity contribution in [3.8, 4) is 40.8 Å². The van der Waals surface area contributed by atoms with E-state index in [1.807, 2.05) is 0 Å². The monoisotopic (exact) mass is 861 g/mol. The summed E-state index contributed by atoms with van der Waals surface area (Å²) in [5.41, 5.74) is 6.33. The molecule has 5 aromatic rings. The predicted octanol–water partition coefficient (Wildman–Crippen LogP) is 2.50. The molecule has 19 nitrogen and oxygen atoms in total. The molecule has 3 aromatic heterocycles. The van der Waals surface area contributed by atoms with Gasteiger partial charge in [-0.1, -0.05) is 17.9 Å². The molecule has 2 aliphatic heterocycles. The molecule has 22 heteroatoms. The van der Waals surface area contributed by atoms with Gasteiger partial charge in [0, 0.05) is 29.4 Å². The number of hydrogen-bond donors (Lipinski definition) is 6. The smallest absolute Gasteiger partial charge is 0.405 e. The SMILES string of the molecule is NC(=O)c1nn(-c2ccc(C(=O)NCC#CC#CCNc3cccc4c3C(=O)N(C3CCC(=O)NC3=O)C4=O)cc2)cc1NC(=O)c1coc(-c2ccnc(NCC(F)(F)F)c2)n1. The summed E-state index contributed by atoms with van der Waals surface area (Å²) in [5, 5.41) is 16.5. The van der Waals surface area contributed by atoms with E-state index in [1.54, 1.807) is 12.1 Å². The molecule has 7 rings (SSSR count). The van der Waals surface area contributed by atoms with Crippen molar-refractivity contribution in [2.24, 2.45) is 5.73 Å². The molecule has 5 heterocycles. The van der Waals surface area contributed by atoms with Crippen LogP contribution in [-0.4, -0.2) is 97.9 Å². The Labute approximate surface area is 353 Å². The van der Waals surface area contributed by atoms with Crippen LogP contribution in [0.2, 0.25) is 0 Å². The first kappa shape index (κ1) is 42.3. The van der Waals surface area contributed by atoms with Crippen LogP contribution in [0.25, 0.3) is 17.1 Å². The Balaban J connectivity index is 0.906. The molecule has 7 amide bonds. The number of amides is 7. The number of anilines is 3. The maximum absolute atomic E-state index is 13.2. The van der Waals surface area contributed by atoms with E-state index < -0.39 is 60.1 Å². The van der Waals surface area contributed by atoms with Gasteiger partial charge in [-0.25, -0.2) is 14.6 Å². The highest BCUT2D eigenvalue weighted by Crippen LogP contribution is 2.32. The lowest BCUT2D eigenvalue weighted by Crippen LogP contribution is -2.54. The highest BCUT2D eigenvalue weighted by molar-refractivity contribution is 6.25. The minimum Gasteiger partial charge on any atom is -0.444 e. The number of benzene rings is 2. The van der Waals surface area contributed by atoms with Gasteiger partial charge in [0.15, 0.2) is 11.4 Å². The van der Waals surface area contributed by atoms with E-state index >= 15 is 0 Å². The normalized spacial score (nSPS) is 14.4. The van der Waals surface area contributed by atoms with E-state index in [4.69, 9.17) is 10.2 Å². The lowest BCUT2D eigenvalue weighted by molar-refractivity contribution is -0.136. The molecular formula is C41H30F3N11O8. The standard InChI is InChI=1S/C41H30F3N11O8/c42-41(43,44)21-49-30-18-23(14-17-47-30)38-51-28(20-63-38)36(59)50-27-19-54(53-33(27)34(45)57)24-10-8-22(9-11-24)35(58)48-16-4-2-1-3-15-46-26-7-5-6-25-32(26)40(62)55(39(25)61)29-12-13-31(56)52-37(29)60/h5-11,14,17-20,29,46H,12-13,15-16,21H2,(H2,45,57)(H,47,49)(H,48,58)(H,50,59)(H,52,56,60). The maximum Gasteiger partial charge on any atom is 0.405 e. The fraction of sp³-hybridized carbons (Fsp3) is 0.171. The Morgan fingerprint density at radius 3 is 2.43 bits per heavy atom. The number of fused-ring (bicyclic) bond motifs is 1. The van der Waals surface area contributed by atoms with E-state index in [0.717, 1.165) is 11.2 Å². The number of imide groups is 2. The van der Waals surface area contributed by atoms with Gasteiger partial charge >= 0.3 is 6.18 Å². The van der Waals surface area contributed by atoms with Crippen LogP contribution < -0.4 is 32.3 Å². The molecule has 0 aliphatic carbocycles. The number of primary amides is 1. The van der Waals surface area contributed by atoms with Crippen LogP contribution in [0, 0.1) is 23.7 Å². The van der Waals surface area contributed by atoms with Crippen LogP contribution in [0.1, 0.15) is 64.9 Å². The third kappa shape index (κ3) is 9.66. The summed E-state index contributed by atoms with van der Waals surface area (Å²) in [6.07, 6.45) is -0.874. The molecule has 0 radical (unpaired) electrons. The van der Waals surface area contributed by atoms with Crippen LogP contribution in [0.4, 0.5) is 30.4 Å². The summed E-state index contributed by atoms with van der Waals surface area (Å²) in [4.78, 5) is 97.0. The second-order valence-electron chi connectivity index (χ2n) is 13.5. The fourth-order valence-corrected chi connectivity index (χ4v) is 6.30. The molecule has 1 fully saturated rings. The van der Waals surface area contributed by atoms with Crippen molar-refractivity contribution in [3.05, 3.63) is 101 Å². The number of nitrogens with zero attached hydrogens (tertiary/aromatic N) is 5. The highest BCUT2D eigenvalue weighted by atomic mass is 19.4. The van der Waals surface area contributed by atoms with Crippen LogP contribution >= 0.6 is 0 Å². The van der Waals surface area contributed by atoms with Gasteiger partial charge in [0.25, 0.3) is 29.5 Å². The number of oxazole rings is 1. The van der Waals surface area contributed by atoms with Crippen molar-refractivity contribution in [1.82, 2.24) is 35.3 Å². The molecular weight excluding hydrogens is 832 g/mol. The Kier molecular flexibility index (Phi) is 12.0. The van der Waals surface area contributed by atoms with Crippen molar-refractivity contribution in [2.45, 2.75) is 25.1 Å². The van der Waals surface area contributed by atoms with Gasteiger partial charge in [-0.2, -0.15) is 18.3 Å². The lowest BCUT2D eigenvalue weighted by atomic mass is 10.0. The zero-order valence-electron chi connectivity index (χ0n) is 32.3. The van der Waals surface area contributed by atoms with Gasteiger partial charge in [0.2, 0.25) is 17.7 Å². The van der Waals surface area contributed by atoms with Crippen LogP contribution in [0.3, 0.4) is 0 Å². The molecule has 318 valence electrons. The second kappa shape index (κ2) is 17.8. The average molecular weight is 862 g/mol. The molecule has 0 spiro atoms. The largest absolute Gasteiger partial charge is 0.444 e. The van der Waals surface area contributed by atoms with E-state index in [9.17, 15) is 46.7 Å².